The van der Waals surface area contributed by atoms with Crippen molar-refractivity contribution in [3.8, 4) is 0 Å². The predicted molar refractivity (Wildman–Crippen MR) is 76.7 cm³/mol. The van der Waals surface area contributed by atoms with Crippen LogP contribution >= 0.6 is 46.9 Å². The van der Waals surface area contributed by atoms with Crippen molar-refractivity contribution < 1.29 is 0 Å². The van der Waals surface area contributed by atoms with Crippen LogP contribution in [0.3, 0.4) is 0 Å². The fourth-order valence-corrected chi connectivity index (χ4v) is 4.02. The van der Waals surface area contributed by atoms with Crippen molar-refractivity contribution in [3.05, 3.63) is 20.3 Å². The van der Waals surface area contributed by atoms with Crippen molar-refractivity contribution in [2.75, 3.05) is 26.2 Å². The van der Waals surface area contributed by atoms with Gasteiger partial charge in [-0.25, -0.2) is 0 Å². The van der Waals surface area contributed by atoms with E-state index >= 15 is 0 Å². The van der Waals surface area contributed by atoms with Crippen molar-refractivity contribution in [2.24, 2.45) is 11.8 Å². The Labute approximate surface area is 122 Å². The summed E-state index contributed by atoms with van der Waals surface area (Å²) in [4.78, 5) is 2.50. The molecule has 2 atom stereocenters. The van der Waals surface area contributed by atoms with Gasteiger partial charge in [0, 0.05) is 19.6 Å². The third-order valence-corrected chi connectivity index (χ3v) is 5.53. The molecular weight excluding hydrogens is 299 g/mol. The molecule has 0 aromatic carbocycles. The highest BCUT2D eigenvalue weighted by atomic mass is 35.5. The highest BCUT2D eigenvalue weighted by Crippen LogP contribution is 2.35. The zero-order valence-corrected chi connectivity index (χ0v) is 12.4. The van der Waals surface area contributed by atoms with Gasteiger partial charge in [-0.1, -0.05) is 23.2 Å². The minimum absolute atomic E-state index is 0. The van der Waals surface area contributed by atoms with Crippen LogP contribution < -0.4 is 5.32 Å². The monoisotopic (exact) mass is 312 g/mol. The van der Waals surface area contributed by atoms with E-state index < -0.39 is 0 Å². The van der Waals surface area contributed by atoms with Crippen LogP contribution in [-0.2, 0) is 6.54 Å². The molecule has 2 fully saturated rings. The minimum Gasteiger partial charge on any atom is -0.316 e. The lowest BCUT2D eigenvalue weighted by molar-refractivity contribution is 0.306. The number of thiophene rings is 1. The number of likely N-dealkylation sites (tertiary alicyclic amines) is 1. The average molecular weight is 314 g/mol. The Bertz CT molecular complexity index is 384. The molecule has 3 heterocycles. The fourth-order valence-electron chi connectivity index (χ4n) is 2.78. The van der Waals surface area contributed by atoms with Crippen molar-refractivity contribution in [1.29, 1.82) is 0 Å². The first-order chi connectivity index (χ1) is 7.74. The summed E-state index contributed by atoms with van der Waals surface area (Å²) >= 11 is 13.6. The van der Waals surface area contributed by atoms with E-state index in [9.17, 15) is 0 Å². The van der Waals surface area contributed by atoms with Gasteiger partial charge in [-0.3, -0.25) is 4.90 Å². The van der Waals surface area contributed by atoms with E-state index in [4.69, 9.17) is 23.2 Å². The molecule has 0 unspecified atom stereocenters. The number of fused-ring (bicyclic) bond motifs is 1. The van der Waals surface area contributed by atoms with E-state index in [-0.39, 0.29) is 12.4 Å². The normalized spacial score (nSPS) is 28.1. The molecule has 3 rings (SSSR count). The van der Waals surface area contributed by atoms with Crippen LogP contribution in [0.4, 0.5) is 0 Å². The molecule has 96 valence electrons. The Morgan fingerprint density at radius 3 is 2.47 bits per heavy atom. The van der Waals surface area contributed by atoms with Crippen LogP contribution in [0.1, 0.15) is 5.56 Å². The van der Waals surface area contributed by atoms with Gasteiger partial charge in [-0.05, 0) is 35.9 Å². The topological polar surface area (TPSA) is 15.3 Å². The first kappa shape index (κ1) is 13.9. The van der Waals surface area contributed by atoms with Gasteiger partial charge in [-0.2, -0.15) is 0 Å². The maximum Gasteiger partial charge on any atom is 0.112 e. The summed E-state index contributed by atoms with van der Waals surface area (Å²) in [6, 6.07) is 0. The van der Waals surface area contributed by atoms with Gasteiger partial charge < -0.3 is 5.32 Å². The molecule has 2 aliphatic rings. The van der Waals surface area contributed by atoms with E-state index in [1.54, 1.807) is 0 Å². The molecule has 6 heteroatoms. The Morgan fingerprint density at radius 1 is 1.29 bits per heavy atom. The largest absolute Gasteiger partial charge is 0.316 e. The van der Waals surface area contributed by atoms with E-state index in [0.29, 0.717) is 0 Å². The van der Waals surface area contributed by atoms with Crippen LogP contribution in [0, 0.1) is 11.8 Å². The van der Waals surface area contributed by atoms with E-state index in [0.717, 1.165) is 27.7 Å². The molecule has 2 aliphatic heterocycles. The van der Waals surface area contributed by atoms with E-state index in [1.807, 2.05) is 0 Å². The number of hydrogen-bond acceptors (Lipinski definition) is 3. The molecule has 0 radical (unpaired) electrons. The van der Waals surface area contributed by atoms with Gasteiger partial charge >= 0.3 is 0 Å². The summed E-state index contributed by atoms with van der Waals surface area (Å²) in [6.45, 7) is 5.70. The van der Waals surface area contributed by atoms with Gasteiger partial charge in [0.1, 0.15) is 4.34 Å². The lowest BCUT2D eigenvalue weighted by Gasteiger charge is -2.16. The maximum absolute atomic E-state index is 6.15. The maximum atomic E-state index is 6.15. The van der Waals surface area contributed by atoms with Gasteiger partial charge in [0.05, 0.1) is 5.02 Å². The molecule has 2 saturated heterocycles. The first-order valence-electron chi connectivity index (χ1n) is 5.58. The van der Waals surface area contributed by atoms with E-state index in [1.165, 1.54) is 43.1 Å². The Morgan fingerprint density at radius 2 is 1.94 bits per heavy atom. The molecule has 1 N–H and O–H groups in total. The second kappa shape index (κ2) is 5.64. The highest BCUT2D eigenvalue weighted by molar-refractivity contribution is 7.15. The SMILES string of the molecule is Cl.Clc1scc(CN2C[C@H]3CNC[C@H]3C2)c1Cl. The second-order valence-corrected chi connectivity index (χ2v) is 6.58. The third kappa shape index (κ3) is 2.75. The zero-order valence-electron chi connectivity index (χ0n) is 9.29. The quantitative estimate of drug-likeness (QED) is 0.902. The number of nitrogens with zero attached hydrogens (tertiary/aromatic N) is 1. The summed E-state index contributed by atoms with van der Waals surface area (Å²) in [7, 11) is 0. The lowest BCUT2D eigenvalue weighted by Crippen LogP contribution is -2.25. The summed E-state index contributed by atoms with van der Waals surface area (Å²) in [5, 5.41) is 6.28. The molecule has 0 spiro atoms. The number of halogens is 3. The summed E-state index contributed by atoms with van der Waals surface area (Å²) < 4.78 is 0.720. The van der Waals surface area contributed by atoms with E-state index in [2.05, 4.69) is 15.6 Å². The fraction of sp³-hybridized carbons (Fsp3) is 0.636. The summed E-state index contributed by atoms with van der Waals surface area (Å²) in [6.07, 6.45) is 0. The molecule has 1 aromatic heterocycles. The van der Waals surface area contributed by atoms with Gasteiger partial charge in [0.25, 0.3) is 0 Å². The van der Waals surface area contributed by atoms with Crippen LogP contribution in [0.15, 0.2) is 5.38 Å². The molecule has 2 nitrogen and oxygen atoms in total. The molecule has 1 aromatic rings. The minimum atomic E-state index is 0. The second-order valence-electron chi connectivity index (χ2n) is 4.72. The first-order valence-corrected chi connectivity index (χ1v) is 7.22. The molecule has 17 heavy (non-hydrogen) atoms. The number of rotatable bonds is 2. The molecule has 0 bridgehead atoms. The van der Waals surface area contributed by atoms with Gasteiger partial charge in [0.15, 0.2) is 0 Å². The van der Waals surface area contributed by atoms with Crippen molar-refractivity contribution in [3.63, 3.8) is 0 Å². The Kier molecular flexibility index (Phi) is 4.61. The Balaban J connectivity index is 0.00000108. The van der Waals surface area contributed by atoms with Gasteiger partial charge in [0.2, 0.25) is 0 Å². The van der Waals surface area contributed by atoms with Crippen LogP contribution in [-0.4, -0.2) is 31.1 Å². The standard InChI is InChI=1S/C11H14Cl2N2S.ClH/c12-10-9(6-16-11(10)13)5-15-3-7-1-14-2-8(7)4-15;/h6-8,14H,1-5H2;1H/t7-,8+;. The number of nitrogens with one attached hydrogen (secondary N) is 1. The third-order valence-electron chi connectivity index (χ3n) is 3.62. The van der Waals surface area contributed by atoms with Crippen molar-refractivity contribution in [2.45, 2.75) is 6.54 Å². The number of hydrogen-bond donors (Lipinski definition) is 1. The molecule has 0 amide bonds. The summed E-state index contributed by atoms with van der Waals surface area (Å²) in [5.74, 6) is 1.68. The van der Waals surface area contributed by atoms with Crippen LogP contribution in [0.2, 0.25) is 9.36 Å². The Hall–Kier alpha value is 0.490. The zero-order chi connectivity index (χ0) is 11.1. The van der Waals surface area contributed by atoms with Gasteiger partial charge in [-0.15, -0.1) is 23.7 Å². The van der Waals surface area contributed by atoms with Crippen molar-refractivity contribution >= 4 is 46.9 Å². The molecule has 0 saturated carbocycles. The predicted octanol–water partition coefficient (Wildman–Crippen LogP) is 3.13. The van der Waals surface area contributed by atoms with Crippen LogP contribution in [0.5, 0.6) is 0 Å². The highest BCUT2D eigenvalue weighted by Gasteiger charge is 2.36. The van der Waals surface area contributed by atoms with Crippen LogP contribution in [0.25, 0.3) is 0 Å². The van der Waals surface area contributed by atoms with Crippen molar-refractivity contribution in [1.82, 2.24) is 10.2 Å². The average Bonchev–Trinajstić information content (AvgIpc) is 2.88. The summed E-state index contributed by atoms with van der Waals surface area (Å²) in [5.41, 5.74) is 1.18. The smallest absolute Gasteiger partial charge is 0.112 e. The molecular formula is C11H15Cl3N2S. The lowest BCUT2D eigenvalue weighted by atomic mass is 10.0. The molecule has 0 aliphatic carbocycles.